The van der Waals surface area contributed by atoms with Gasteiger partial charge in [0, 0.05) is 31.9 Å². The second kappa shape index (κ2) is 7.49. The summed E-state index contributed by atoms with van der Waals surface area (Å²) in [5.41, 5.74) is 1.77. The highest BCUT2D eigenvalue weighted by molar-refractivity contribution is 7.80. The summed E-state index contributed by atoms with van der Waals surface area (Å²) < 4.78 is 18.7. The van der Waals surface area contributed by atoms with Crippen molar-refractivity contribution < 1.29 is 9.13 Å². The molecule has 0 aromatic heterocycles. The number of nitrogens with one attached hydrogen (secondary N) is 1. The van der Waals surface area contributed by atoms with Crippen LogP contribution in [0.5, 0.6) is 5.75 Å². The van der Waals surface area contributed by atoms with Crippen molar-refractivity contribution in [1.29, 1.82) is 0 Å². The van der Waals surface area contributed by atoms with Crippen molar-refractivity contribution in [3.63, 3.8) is 0 Å². The van der Waals surface area contributed by atoms with Crippen LogP contribution in [-0.2, 0) is 0 Å². The van der Waals surface area contributed by atoms with E-state index in [1.165, 1.54) is 12.1 Å². The summed E-state index contributed by atoms with van der Waals surface area (Å²) in [6.45, 7) is 3.31. The van der Waals surface area contributed by atoms with Gasteiger partial charge in [0.1, 0.15) is 11.6 Å². The highest BCUT2D eigenvalue weighted by Crippen LogP contribution is 2.28. The summed E-state index contributed by atoms with van der Waals surface area (Å²) in [4.78, 5) is 4.40. The van der Waals surface area contributed by atoms with E-state index in [1.54, 1.807) is 19.2 Å². The Bertz CT molecular complexity index is 717. The van der Waals surface area contributed by atoms with Crippen LogP contribution in [0.2, 0.25) is 0 Å². The van der Waals surface area contributed by atoms with Crippen LogP contribution < -0.4 is 15.0 Å². The number of halogens is 1. The largest absolute Gasteiger partial charge is 0.495 e. The lowest BCUT2D eigenvalue weighted by Gasteiger charge is -2.37. The molecule has 24 heavy (non-hydrogen) atoms. The molecular weight excluding hydrogens is 325 g/mol. The number of ether oxygens (including phenoxy) is 1. The molecule has 126 valence electrons. The zero-order valence-electron chi connectivity index (χ0n) is 13.5. The van der Waals surface area contributed by atoms with Crippen LogP contribution in [0.3, 0.4) is 0 Å². The number of hydrogen-bond acceptors (Lipinski definition) is 3. The van der Waals surface area contributed by atoms with E-state index >= 15 is 0 Å². The molecule has 1 fully saturated rings. The third-order valence-electron chi connectivity index (χ3n) is 4.07. The summed E-state index contributed by atoms with van der Waals surface area (Å²) in [7, 11) is 1.69. The number of hydrogen-bond donors (Lipinski definition) is 1. The van der Waals surface area contributed by atoms with Gasteiger partial charge in [0.05, 0.1) is 12.8 Å². The van der Waals surface area contributed by atoms with E-state index in [0.717, 1.165) is 37.6 Å². The summed E-state index contributed by atoms with van der Waals surface area (Å²) in [5, 5.41) is 3.73. The molecule has 0 aliphatic carbocycles. The molecular formula is C18H20FN3OS. The van der Waals surface area contributed by atoms with Gasteiger partial charge in [0.25, 0.3) is 0 Å². The molecule has 0 saturated carbocycles. The molecule has 1 saturated heterocycles. The van der Waals surface area contributed by atoms with Gasteiger partial charge in [-0.15, -0.1) is 0 Å². The second-order valence-corrected chi connectivity index (χ2v) is 5.97. The Morgan fingerprint density at radius 1 is 1.08 bits per heavy atom. The van der Waals surface area contributed by atoms with E-state index < -0.39 is 0 Å². The Morgan fingerprint density at radius 3 is 2.54 bits per heavy atom. The number of para-hydroxylation sites is 2. The van der Waals surface area contributed by atoms with E-state index in [0.29, 0.717) is 10.8 Å². The number of nitrogens with zero attached hydrogens (tertiary/aromatic N) is 2. The maximum Gasteiger partial charge on any atom is 0.173 e. The number of anilines is 2. The fourth-order valence-electron chi connectivity index (χ4n) is 2.81. The van der Waals surface area contributed by atoms with Crippen molar-refractivity contribution in [3.05, 3.63) is 54.3 Å². The van der Waals surface area contributed by atoms with E-state index in [9.17, 15) is 4.39 Å². The minimum absolute atomic E-state index is 0.274. The molecule has 0 spiro atoms. The lowest BCUT2D eigenvalue weighted by atomic mass is 10.2. The predicted octanol–water partition coefficient (Wildman–Crippen LogP) is 3.35. The fraction of sp³-hybridized carbons (Fsp3) is 0.278. The van der Waals surface area contributed by atoms with Crippen LogP contribution in [-0.4, -0.2) is 43.3 Å². The first-order valence-electron chi connectivity index (χ1n) is 7.87. The molecule has 0 atom stereocenters. The first kappa shape index (κ1) is 16.5. The van der Waals surface area contributed by atoms with E-state index in [-0.39, 0.29) is 5.82 Å². The number of rotatable bonds is 3. The molecule has 2 aromatic rings. The van der Waals surface area contributed by atoms with E-state index in [4.69, 9.17) is 17.0 Å². The Morgan fingerprint density at radius 2 is 1.83 bits per heavy atom. The molecule has 2 aromatic carbocycles. The summed E-state index contributed by atoms with van der Waals surface area (Å²) in [6.07, 6.45) is 0. The molecule has 0 bridgehead atoms. The topological polar surface area (TPSA) is 27.7 Å². The highest BCUT2D eigenvalue weighted by Gasteiger charge is 2.21. The first-order valence-corrected chi connectivity index (χ1v) is 8.27. The van der Waals surface area contributed by atoms with Gasteiger partial charge in [-0.2, -0.15) is 0 Å². The highest BCUT2D eigenvalue weighted by atomic mass is 32.1. The van der Waals surface area contributed by atoms with E-state index in [1.807, 2.05) is 18.2 Å². The Balaban J connectivity index is 1.59. The standard InChI is InChI=1S/C18H20FN3OS/c1-23-17-8-3-2-7-16(17)21-9-11-22(12-10-21)18(24)20-15-6-4-5-14(19)13-15/h2-8,13H,9-12H2,1H3,(H,20,24). The molecule has 0 unspecified atom stereocenters. The lowest BCUT2D eigenvalue weighted by molar-refractivity contribution is 0.382. The first-order chi connectivity index (χ1) is 11.7. The van der Waals surface area contributed by atoms with Gasteiger partial charge in [-0.05, 0) is 42.5 Å². The minimum Gasteiger partial charge on any atom is -0.495 e. The summed E-state index contributed by atoms with van der Waals surface area (Å²) >= 11 is 5.45. The Kier molecular flexibility index (Phi) is 5.15. The van der Waals surface area contributed by atoms with Crippen molar-refractivity contribution in [2.45, 2.75) is 0 Å². The zero-order chi connectivity index (χ0) is 16.9. The molecule has 1 aliphatic heterocycles. The predicted molar refractivity (Wildman–Crippen MR) is 99.4 cm³/mol. The van der Waals surface area contributed by atoms with Crippen LogP contribution >= 0.6 is 12.2 Å². The van der Waals surface area contributed by atoms with Crippen molar-refractivity contribution in [2.24, 2.45) is 0 Å². The molecule has 4 nitrogen and oxygen atoms in total. The normalized spacial score (nSPS) is 14.4. The molecule has 6 heteroatoms. The monoisotopic (exact) mass is 345 g/mol. The number of methoxy groups -OCH3 is 1. The van der Waals surface area contributed by atoms with Gasteiger partial charge in [-0.1, -0.05) is 18.2 Å². The van der Waals surface area contributed by atoms with Gasteiger partial charge in [0.15, 0.2) is 5.11 Å². The third-order valence-corrected chi connectivity index (χ3v) is 4.43. The third kappa shape index (κ3) is 3.76. The van der Waals surface area contributed by atoms with Crippen LogP contribution in [0.1, 0.15) is 0 Å². The number of benzene rings is 2. The van der Waals surface area contributed by atoms with Crippen molar-refractivity contribution in [1.82, 2.24) is 4.90 Å². The van der Waals surface area contributed by atoms with Crippen molar-refractivity contribution in [3.8, 4) is 5.75 Å². The minimum atomic E-state index is -0.274. The molecule has 0 radical (unpaired) electrons. The van der Waals surface area contributed by atoms with E-state index in [2.05, 4.69) is 21.2 Å². The summed E-state index contributed by atoms with van der Waals surface area (Å²) in [5.74, 6) is 0.607. The molecule has 0 amide bonds. The summed E-state index contributed by atoms with van der Waals surface area (Å²) in [6, 6.07) is 14.4. The quantitative estimate of drug-likeness (QED) is 0.861. The van der Waals surface area contributed by atoms with Gasteiger partial charge in [0.2, 0.25) is 0 Å². The van der Waals surface area contributed by atoms with Gasteiger partial charge in [-0.25, -0.2) is 4.39 Å². The van der Waals surface area contributed by atoms with Crippen molar-refractivity contribution in [2.75, 3.05) is 43.5 Å². The lowest BCUT2D eigenvalue weighted by Crippen LogP contribution is -2.50. The number of thiocarbonyl (C=S) groups is 1. The zero-order valence-corrected chi connectivity index (χ0v) is 14.4. The molecule has 3 rings (SSSR count). The molecule has 1 N–H and O–H groups in total. The van der Waals surface area contributed by atoms with Gasteiger partial charge in [-0.3, -0.25) is 0 Å². The fourth-order valence-corrected chi connectivity index (χ4v) is 3.11. The average molecular weight is 345 g/mol. The van der Waals surface area contributed by atoms with Gasteiger partial charge >= 0.3 is 0 Å². The second-order valence-electron chi connectivity index (χ2n) is 5.59. The van der Waals surface area contributed by atoms with Crippen LogP contribution in [0, 0.1) is 5.82 Å². The van der Waals surface area contributed by atoms with Crippen molar-refractivity contribution >= 4 is 28.7 Å². The van der Waals surface area contributed by atoms with Gasteiger partial charge < -0.3 is 19.9 Å². The van der Waals surface area contributed by atoms with Crippen LogP contribution in [0.25, 0.3) is 0 Å². The van der Waals surface area contributed by atoms with Crippen LogP contribution in [0.4, 0.5) is 15.8 Å². The maximum atomic E-state index is 13.3. The van der Waals surface area contributed by atoms with Crippen LogP contribution in [0.15, 0.2) is 48.5 Å². The number of piperazine rings is 1. The maximum absolute atomic E-state index is 13.3. The Hall–Kier alpha value is -2.34. The smallest absolute Gasteiger partial charge is 0.173 e. The molecule has 1 heterocycles. The Labute approximate surface area is 146 Å². The SMILES string of the molecule is COc1ccccc1N1CCN(C(=S)Nc2cccc(F)c2)CC1. The average Bonchev–Trinajstić information content (AvgIpc) is 2.62. The molecule has 1 aliphatic rings.